The molecule has 21 heavy (non-hydrogen) atoms. The fourth-order valence-electron chi connectivity index (χ4n) is 2.21. The highest BCUT2D eigenvalue weighted by Crippen LogP contribution is 2.41. The van der Waals surface area contributed by atoms with Gasteiger partial charge in [-0.2, -0.15) is 0 Å². The molecule has 0 spiro atoms. The number of sulfonamides is 1. The molecule has 1 aliphatic heterocycles. The van der Waals surface area contributed by atoms with Crippen LogP contribution >= 0.6 is 0 Å². The van der Waals surface area contributed by atoms with Crippen molar-refractivity contribution in [3.05, 3.63) is 35.4 Å². The molecule has 1 amide bonds. The average Bonchev–Trinajstić information content (AvgIpc) is 2.45. The quantitative estimate of drug-likeness (QED) is 0.827. The zero-order valence-corrected chi connectivity index (χ0v) is 13.1. The highest BCUT2D eigenvalue weighted by atomic mass is 32.2. The normalized spacial score (nSPS) is 20.2. The Kier molecular flexibility index (Phi) is 3.83. The van der Waals surface area contributed by atoms with E-state index in [0.717, 1.165) is 15.4 Å². The van der Waals surface area contributed by atoms with Gasteiger partial charge in [0.2, 0.25) is 0 Å². The van der Waals surface area contributed by atoms with Crippen LogP contribution in [-0.2, 0) is 14.8 Å². The van der Waals surface area contributed by atoms with Crippen molar-refractivity contribution in [3.63, 3.8) is 0 Å². The van der Waals surface area contributed by atoms with E-state index in [2.05, 4.69) is 11.8 Å². The van der Waals surface area contributed by atoms with Gasteiger partial charge in [0.25, 0.3) is 15.9 Å². The largest absolute Gasteiger partial charge is 0.320 e. The molecule has 2 rings (SSSR count). The summed E-state index contributed by atoms with van der Waals surface area (Å²) < 4.78 is 24.0. The SMILES string of the molecule is CC(c1ccc(C#CCN)cc1)N1C(=O)C(C)(C)S1(=O)=O. The molecule has 0 aliphatic carbocycles. The van der Waals surface area contributed by atoms with Crippen molar-refractivity contribution in [2.24, 2.45) is 5.73 Å². The van der Waals surface area contributed by atoms with Crippen LogP contribution in [0.15, 0.2) is 24.3 Å². The van der Waals surface area contributed by atoms with E-state index >= 15 is 0 Å². The van der Waals surface area contributed by atoms with Crippen molar-refractivity contribution in [1.82, 2.24) is 4.31 Å². The van der Waals surface area contributed by atoms with Gasteiger partial charge < -0.3 is 5.73 Å². The molecular weight excluding hydrogens is 288 g/mol. The van der Waals surface area contributed by atoms with Gasteiger partial charge in [-0.15, -0.1) is 0 Å². The van der Waals surface area contributed by atoms with E-state index in [1.807, 2.05) is 0 Å². The van der Waals surface area contributed by atoms with E-state index in [1.165, 1.54) is 13.8 Å². The molecule has 1 heterocycles. The van der Waals surface area contributed by atoms with Gasteiger partial charge in [0.05, 0.1) is 12.6 Å². The zero-order chi connectivity index (χ0) is 15.8. The summed E-state index contributed by atoms with van der Waals surface area (Å²) in [7, 11) is -3.58. The van der Waals surface area contributed by atoms with Crippen LogP contribution in [0.5, 0.6) is 0 Å². The summed E-state index contributed by atoms with van der Waals surface area (Å²) in [6.45, 7) is 4.85. The number of carbonyl (C=O) groups excluding carboxylic acids is 1. The van der Waals surface area contributed by atoms with E-state index in [1.54, 1.807) is 31.2 Å². The summed E-state index contributed by atoms with van der Waals surface area (Å²) in [4.78, 5) is 12.0. The van der Waals surface area contributed by atoms with Crippen molar-refractivity contribution in [3.8, 4) is 11.8 Å². The minimum Gasteiger partial charge on any atom is -0.320 e. The first kappa shape index (κ1) is 15.5. The Balaban J connectivity index is 2.26. The first-order valence-corrected chi connectivity index (χ1v) is 8.05. The molecule has 6 heteroatoms. The second-order valence-corrected chi connectivity index (χ2v) is 7.78. The maximum absolute atomic E-state index is 12.2. The maximum Gasteiger partial charge on any atom is 0.259 e. The predicted octanol–water partition coefficient (Wildman–Crippen LogP) is 1.01. The van der Waals surface area contributed by atoms with Crippen molar-refractivity contribution < 1.29 is 13.2 Å². The molecule has 1 aromatic rings. The molecule has 1 aromatic carbocycles. The first-order chi connectivity index (χ1) is 9.73. The monoisotopic (exact) mass is 306 g/mol. The minimum atomic E-state index is -3.58. The lowest BCUT2D eigenvalue weighted by molar-refractivity contribution is -0.133. The number of hydrogen-bond acceptors (Lipinski definition) is 4. The van der Waals surface area contributed by atoms with E-state index in [4.69, 9.17) is 5.73 Å². The fourth-order valence-corrected chi connectivity index (χ4v) is 3.87. The minimum absolute atomic E-state index is 0.285. The molecule has 0 radical (unpaired) electrons. The maximum atomic E-state index is 12.2. The number of nitrogens with two attached hydrogens (primary N) is 1. The van der Waals surface area contributed by atoms with E-state index < -0.39 is 20.8 Å². The number of amides is 1. The Bertz CT molecular complexity index is 724. The fraction of sp³-hybridized carbons (Fsp3) is 0.400. The van der Waals surface area contributed by atoms with Crippen LogP contribution in [0.1, 0.15) is 37.9 Å². The second kappa shape index (κ2) is 5.17. The number of benzene rings is 1. The molecule has 0 aromatic heterocycles. The second-order valence-electron chi connectivity index (χ2n) is 5.42. The summed E-state index contributed by atoms with van der Waals surface area (Å²) in [5, 5.41) is 0. The molecule has 1 unspecified atom stereocenters. The lowest BCUT2D eigenvalue weighted by Crippen LogP contribution is -2.67. The van der Waals surface area contributed by atoms with Crippen LogP contribution in [0.4, 0.5) is 0 Å². The van der Waals surface area contributed by atoms with Crippen molar-refractivity contribution in [2.45, 2.75) is 31.6 Å². The lowest BCUT2D eigenvalue weighted by atomic mass is 10.0. The van der Waals surface area contributed by atoms with Crippen molar-refractivity contribution >= 4 is 15.9 Å². The Morgan fingerprint density at radius 2 is 1.86 bits per heavy atom. The average molecular weight is 306 g/mol. The van der Waals surface area contributed by atoms with Gasteiger partial charge in [0.15, 0.2) is 4.75 Å². The van der Waals surface area contributed by atoms with E-state index in [9.17, 15) is 13.2 Å². The highest BCUT2D eigenvalue weighted by Gasteiger charge is 2.61. The molecule has 1 saturated heterocycles. The lowest BCUT2D eigenvalue weighted by Gasteiger charge is -2.46. The molecule has 1 aliphatic rings. The molecule has 112 valence electrons. The molecule has 0 saturated carbocycles. The third-order valence-electron chi connectivity index (χ3n) is 3.70. The zero-order valence-electron chi connectivity index (χ0n) is 12.3. The molecule has 1 atom stereocenters. The van der Waals surface area contributed by atoms with Gasteiger partial charge in [-0.05, 0) is 38.5 Å². The van der Waals surface area contributed by atoms with Crippen molar-refractivity contribution in [1.29, 1.82) is 0 Å². The number of carbonyl (C=O) groups is 1. The Hall–Kier alpha value is -1.84. The summed E-state index contributed by atoms with van der Waals surface area (Å²) in [5.41, 5.74) is 6.86. The summed E-state index contributed by atoms with van der Waals surface area (Å²) >= 11 is 0. The Labute approximate surface area is 125 Å². The first-order valence-electron chi connectivity index (χ1n) is 6.61. The van der Waals surface area contributed by atoms with E-state index in [0.29, 0.717) is 0 Å². The van der Waals surface area contributed by atoms with Crippen LogP contribution < -0.4 is 5.73 Å². The molecule has 2 N–H and O–H groups in total. The predicted molar refractivity (Wildman–Crippen MR) is 80.6 cm³/mol. The van der Waals surface area contributed by atoms with Crippen LogP contribution in [0.25, 0.3) is 0 Å². The van der Waals surface area contributed by atoms with Crippen LogP contribution in [0.2, 0.25) is 0 Å². The van der Waals surface area contributed by atoms with Gasteiger partial charge >= 0.3 is 0 Å². The third-order valence-corrected chi connectivity index (χ3v) is 6.16. The Morgan fingerprint density at radius 3 is 2.33 bits per heavy atom. The molecular formula is C15H18N2O3S. The molecule has 1 fully saturated rings. The number of nitrogens with zero attached hydrogens (tertiary/aromatic N) is 1. The summed E-state index contributed by atoms with van der Waals surface area (Å²) in [5.74, 6) is 5.27. The van der Waals surface area contributed by atoms with Crippen molar-refractivity contribution in [2.75, 3.05) is 6.54 Å². The van der Waals surface area contributed by atoms with E-state index in [-0.39, 0.29) is 12.5 Å². The molecule has 5 nitrogen and oxygen atoms in total. The topological polar surface area (TPSA) is 80.5 Å². The summed E-state index contributed by atoms with van der Waals surface area (Å²) in [6.07, 6.45) is 0. The highest BCUT2D eigenvalue weighted by molar-refractivity contribution is 7.94. The van der Waals surface area contributed by atoms with Crippen LogP contribution in [0.3, 0.4) is 0 Å². The van der Waals surface area contributed by atoms with Crippen LogP contribution in [-0.4, -0.2) is 29.9 Å². The van der Waals surface area contributed by atoms with Gasteiger partial charge in [-0.1, -0.05) is 24.0 Å². The van der Waals surface area contributed by atoms with Gasteiger partial charge in [-0.3, -0.25) is 4.79 Å². The van der Waals surface area contributed by atoms with Gasteiger partial charge in [0.1, 0.15) is 0 Å². The molecule has 0 bridgehead atoms. The standard InChI is InChI=1S/C15H18N2O3S/c1-11(17-14(18)15(2,3)21(17,19)20)13-8-6-12(7-9-13)5-4-10-16/h6-9,11H,10,16H2,1-3H3. The van der Waals surface area contributed by atoms with Gasteiger partial charge in [0, 0.05) is 5.56 Å². The van der Waals surface area contributed by atoms with Gasteiger partial charge in [-0.25, -0.2) is 12.7 Å². The van der Waals surface area contributed by atoms with Crippen LogP contribution in [0, 0.1) is 11.8 Å². The Morgan fingerprint density at radius 1 is 1.29 bits per heavy atom. The summed E-state index contributed by atoms with van der Waals surface area (Å²) in [6, 6.07) is 6.61. The third kappa shape index (κ3) is 2.33. The number of hydrogen-bond donors (Lipinski definition) is 1. The number of rotatable bonds is 2. The smallest absolute Gasteiger partial charge is 0.259 e.